The van der Waals surface area contributed by atoms with Crippen LogP contribution in [0.25, 0.3) is 0 Å². The minimum Gasteiger partial charge on any atom is -0.478 e. The van der Waals surface area contributed by atoms with Crippen molar-refractivity contribution in [2.24, 2.45) is 0 Å². The third kappa shape index (κ3) is 2.82. The summed E-state index contributed by atoms with van der Waals surface area (Å²) in [7, 11) is 0. The first-order valence-electron chi connectivity index (χ1n) is 5.94. The smallest absolute Gasteiger partial charge is 0.407 e. The second-order valence-electron chi connectivity index (χ2n) is 4.01. The van der Waals surface area contributed by atoms with Gasteiger partial charge in [0.15, 0.2) is 0 Å². The summed E-state index contributed by atoms with van der Waals surface area (Å²) in [5.74, 6) is 0.978. The second-order valence-corrected chi connectivity index (χ2v) is 4.01. The van der Waals surface area contributed by atoms with Crippen molar-refractivity contribution in [3.05, 3.63) is 17.7 Å². The van der Waals surface area contributed by atoms with Gasteiger partial charge < -0.3 is 19.5 Å². The van der Waals surface area contributed by atoms with Crippen LogP contribution in [0.5, 0.6) is 11.8 Å². The number of hydrogen-bond acceptors (Lipinski definition) is 4. The van der Waals surface area contributed by atoms with Crippen molar-refractivity contribution in [3.8, 4) is 11.8 Å². The molecule has 0 spiro atoms. The summed E-state index contributed by atoms with van der Waals surface area (Å²) < 4.78 is 10.9. The number of carbonyl (C=O) groups is 1. The van der Waals surface area contributed by atoms with Crippen molar-refractivity contribution in [3.63, 3.8) is 0 Å². The lowest BCUT2D eigenvalue weighted by Crippen LogP contribution is -2.30. The zero-order chi connectivity index (χ0) is 13.0. The maximum absolute atomic E-state index is 11.0. The Hall–Kier alpha value is -1.98. The largest absolute Gasteiger partial charge is 0.478 e. The number of ether oxygens (including phenoxy) is 2. The van der Waals surface area contributed by atoms with Crippen molar-refractivity contribution >= 4 is 6.09 Å². The van der Waals surface area contributed by atoms with E-state index in [4.69, 9.17) is 14.6 Å². The van der Waals surface area contributed by atoms with E-state index in [-0.39, 0.29) is 0 Å². The molecule has 1 N–H and O–H groups in total. The lowest BCUT2D eigenvalue weighted by Gasteiger charge is -2.14. The first-order valence-corrected chi connectivity index (χ1v) is 5.94. The Bertz CT molecular complexity index is 436. The lowest BCUT2D eigenvalue weighted by atomic mass is 10.2. The van der Waals surface area contributed by atoms with Gasteiger partial charge in [-0.2, -0.15) is 4.98 Å². The summed E-state index contributed by atoms with van der Waals surface area (Å²) in [4.78, 5) is 16.5. The van der Waals surface area contributed by atoms with E-state index < -0.39 is 6.09 Å². The van der Waals surface area contributed by atoms with Crippen molar-refractivity contribution in [1.29, 1.82) is 0 Å². The molecule has 2 rings (SSSR count). The van der Waals surface area contributed by atoms with E-state index in [1.807, 2.05) is 6.92 Å². The van der Waals surface area contributed by atoms with E-state index in [0.717, 1.165) is 12.0 Å². The number of rotatable bonds is 3. The Labute approximate surface area is 105 Å². The van der Waals surface area contributed by atoms with Crippen LogP contribution in [0.1, 0.15) is 18.9 Å². The van der Waals surface area contributed by atoms with Crippen molar-refractivity contribution in [2.75, 3.05) is 19.8 Å². The van der Waals surface area contributed by atoms with E-state index in [2.05, 4.69) is 4.98 Å². The van der Waals surface area contributed by atoms with Gasteiger partial charge in [-0.3, -0.25) is 0 Å². The highest BCUT2D eigenvalue weighted by Gasteiger charge is 2.20. The predicted molar refractivity (Wildman–Crippen MR) is 64.0 cm³/mol. The lowest BCUT2D eigenvalue weighted by molar-refractivity contribution is 0.137. The highest BCUT2D eigenvalue weighted by atomic mass is 16.5. The van der Waals surface area contributed by atoms with E-state index >= 15 is 0 Å². The van der Waals surface area contributed by atoms with Crippen LogP contribution in [-0.4, -0.2) is 40.8 Å². The molecule has 0 atom stereocenters. The van der Waals surface area contributed by atoms with Crippen molar-refractivity contribution < 1.29 is 19.4 Å². The number of carboxylic acid groups (broad SMARTS) is 1. The van der Waals surface area contributed by atoms with E-state index in [1.165, 1.54) is 4.90 Å². The van der Waals surface area contributed by atoms with Crippen LogP contribution in [0.2, 0.25) is 0 Å². The molecule has 1 aliphatic rings. The Morgan fingerprint density at radius 1 is 1.61 bits per heavy atom. The summed E-state index contributed by atoms with van der Waals surface area (Å²) >= 11 is 0. The average Bonchev–Trinajstić information content (AvgIpc) is 2.57. The fraction of sp³-hybridized carbons (Fsp3) is 0.500. The molecule has 0 aromatic carbocycles. The molecule has 0 bridgehead atoms. The highest BCUT2D eigenvalue weighted by Crippen LogP contribution is 2.24. The molecule has 0 radical (unpaired) electrons. The summed E-state index contributed by atoms with van der Waals surface area (Å²) in [6.07, 6.45) is -0.0374. The zero-order valence-corrected chi connectivity index (χ0v) is 10.3. The van der Waals surface area contributed by atoms with E-state index in [1.54, 1.807) is 12.1 Å². The Balaban J connectivity index is 2.15. The molecule has 6 nitrogen and oxygen atoms in total. The van der Waals surface area contributed by atoms with Crippen LogP contribution in [0.15, 0.2) is 12.1 Å². The third-order valence-corrected chi connectivity index (χ3v) is 2.60. The van der Waals surface area contributed by atoms with Crippen LogP contribution < -0.4 is 9.47 Å². The van der Waals surface area contributed by atoms with Crippen LogP contribution >= 0.6 is 0 Å². The van der Waals surface area contributed by atoms with E-state index in [9.17, 15) is 4.79 Å². The SMILES string of the molecule is CCCOc1ccc2c(n1)OCCN(C(=O)O)C2. The monoisotopic (exact) mass is 252 g/mol. The molecule has 0 unspecified atom stereocenters. The molecule has 0 aliphatic carbocycles. The van der Waals surface area contributed by atoms with Crippen LogP contribution in [0.3, 0.4) is 0 Å². The first-order chi connectivity index (χ1) is 8.70. The molecule has 18 heavy (non-hydrogen) atoms. The Morgan fingerprint density at radius 3 is 3.17 bits per heavy atom. The number of fused-ring (bicyclic) bond motifs is 1. The van der Waals surface area contributed by atoms with Gasteiger partial charge >= 0.3 is 6.09 Å². The molecule has 0 saturated carbocycles. The highest BCUT2D eigenvalue weighted by molar-refractivity contribution is 5.65. The average molecular weight is 252 g/mol. The Kier molecular flexibility index (Phi) is 3.86. The van der Waals surface area contributed by atoms with Gasteiger partial charge in [0.1, 0.15) is 6.61 Å². The summed E-state index contributed by atoms with van der Waals surface area (Å²) in [5.41, 5.74) is 0.763. The maximum atomic E-state index is 11.0. The zero-order valence-electron chi connectivity index (χ0n) is 10.3. The molecule has 0 fully saturated rings. The fourth-order valence-electron chi connectivity index (χ4n) is 1.69. The normalized spacial score (nSPS) is 14.4. The first kappa shape index (κ1) is 12.5. The minimum atomic E-state index is -0.947. The summed E-state index contributed by atoms with van der Waals surface area (Å²) in [5, 5.41) is 8.98. The van der Waals surface area contributed by atoms with Gasteiger partial charge in [0.2, 0.25) is 11.8 Å². The van der Waals surface area contributed by atoms with Crippen LogP contribution in [0, 0.1) is 0 Å². The quantitative estimate of drug-likeness (QED) is 0.887. The molecule has 6 heteroatoms. The Morgan fingerprint density at radius 2 is 2.44 bits per heavy atom. The topological polar surface area (TPSA) is 71.9 Å². The van der Waals surface area contributed by atoms with Gasteiger partial charge in [0.25, 0.3) is 0 Å². The molecular formula is C12H16N2O4. The number of hydrogen-bond donors (Lipinski definition) is 1. The molecular weight excluding hydrogens is 236 g/mol. The fourth-order valence-corrected chi connectivity index (χ4v) is 1.69. The standard InChI is InChI=1S/C12H16N2O4/c1-2-6-17-10-4-3-9-8-14(12(15)16)5-7-18-11(9)13-10/h3-4H,2,5-8H2,1H3,(H,15,16). The third-order valence-electron chi connectivity index (χ3n) is 2.60. The molecule has 1 aromatic rings. The predicted octanol–water partition coefficient (Wildman–Crippen LogP) is 1.74. The van der Waals surface area contributed by atoms with Crippen LogP contribution in [0.4, 0.5) is 4.79 Å². The molecule has 1 aliphatic heterocycles. The van der Waals surface area contributed by atoms with Gasteiger partial charge in [0, 0.05) is 11.6 Å². The van der Waals surface area contributed by atoms with Crippen molar-refractivity contribution in [2.45, 2.75) is 19.9 Å². The summed E-state index contributed by atoms with van der Waals surface area (Å²) in [6.45, 7) is 3.57. The number of aromatic nitrogens is 1. The van der Waals surface area contributed by atoms with Gasteiger partial charge in [-0.1, -0.05) is 6.92 Å². The molecule has 98 valence electrons. The number of amides is 1. The molecule has 0 saturated heterocycles. The van der Waals surface area contributed by atoms with Gasteiger partial charge in [-0.05, 0) is 12.5 Å². The minimum absolute atomic E-state index is 0.297. The molecule has 1 amide bonds. The van der Waals surface area contributed by atoms with Gasteiger partial charge in [0.05, 0.1) is 19.7 Å². The van der Waals surface area contributed by atoms with E-state index in [0.29, 0.717) is 38.1 Å². The summed E-state index contributed by atoms with van der Waals surface area (Å²) in [6, 6.07) is 3.54. The van der Waals surface area contributed by atoms with Crippen LogP contribution in [-0.2, 0) is 6.54 Å². The number of nitrogens with zero attached hydrogens (tertiary/aromatic N) is 2. The second kappa shape index (κ2) is 5.57. The number of pyridine rings is 1. The maximum Gasteiger partial charge on any atom is 0.407 e. The van der Waals surface area contributed by atoms with Gasteiger partial charge in [-0.25, -0.2) is 4.79 Å². The molecule has 2 heterocycles. The van der Waals surface area contributed by atoms with Gasteiger partial charge in [-0.15, -0.1) is 0 Å². The van der Waals surface area contributed by atoms with Crippen molar-refractivity contribution in [1.82, 2.24) is 9.88 Å². The molecule has 1 aromatic heterocycles.